The predicted octanol–water partition coefficient (Wildman–Crippen LogP) is 2.42. The second-order valence-corrected chi connectivity index (χ2v) is 5.22. The molecule has 1 heterocycles. The van der Waals surface area contributed by atoms with Crippen molar-refractivity contribution in [3.63, 3.8) is 0 Å². The average Bonchev–Trinajstić information content (AvgIpc) is 3.03. The molecule has 0 saturated heterocycles. The number of halogens is 2. The Hall–Kier alpha value is -2.03. The van der Waals surface area contributed by atoms with E-state index in [4.69, 9.17) is 21.5 Å². The van der Waals surface area contributed by atoms with Crippen LogP contribution in [0.3, 0.4) is 0 Å². The number of rotatable bonds is 8. The van der Waals surface area contributed by atoms with Crippen LogP contribution in [-0.4, -0.2) is 52.8 Å². The molecule has 0 bridgehead atoms. The molecule has 1 aromatic carbocycles. The second kappa shape index (κ2) is 9.96. The van der Waals surface area contributed by atoms with Crippen molar-refractivity contribution in [1.29, 1.82) is 0 Å². The minimum absolute atomic E-state index is 0. The molecule has 0 saturated carbocycles. The van der Waals surface area contributed by atoms with Gasteiger partial charge in [0.25, 0.3) is 0 Å². The zero-order valence-electron chi connectivity index (χ0n) is 13.3. The highest BCUT2D eigenvalue weighted by Gasteiger charge is 2.14. The highest BCUT2D eigenvalue weighted by atomic mass is 35.5. The number of anilines is 1. The van der Waals surface area contributed by atoms with Crippen molar-refractivity contribution < 1.29 is 14.6 Å². The molecule has 0 aliphatic carbocycles. The fourth-order valence-corrected chi connectivity index (χ4v) is 2.10. The maximum Gasteiger partial charge on any atom is 0.201 e. The van der Waals surface area contributed by atoms with Crippen LogP contribution in [0.1, 0.15) is 11.3 Å². The molecule has 2 N–H and O–H groups in total. The highest BCUT2D eigenvalue weighted by molar-refractivity contribution is 6.69. The molecule has 10 heteroatoms. The molecule has 2 rings (SSSR count). The Balaban J connectivity index is 0.00000288. The smallest absolute Gasteiger partial charge is 0.201 e. The van der Waals surface area contributed by atoms with Gasteiger partial charge < -0.3 is 20.2 Å². The Morgan fingerprint density at radius 1 is 1.38 bits per heavy atom. The van der Waals surface area contributed by atoms with Crippen molar-refractivity contribution in [3.8, 4) is 5.75 Å². The first-order valence-corrected chi connectivity index (χ1v) is 7.27. The normalized spacial score (nSPS) is 11.2. The van der Waals surface area contributed by atoms with E-state index in [0.29, 0.717) is 12.4 Å². The van der Waals surface area contributed by atoms with Gasteiger partial charge >= 0.3 is 0 Å². The van der Waals surface area contributed by atoms with Crippen molar-refractivity contribution in [2.45, 2.75) is 6.54 Å². The lowest BCUT2D eigenvalue weighted by Crippen LogP contribution is -2.25. The Morgan fingerprint density at radius 3 is 2.71 bits per heavy atom. The van der Waals surface area contributed by atoms with E-state index in [9.17, 15) is 0 Å². The van der Waals surface area contributed by atoms with E-state index < -0.39 is 0 Å². The third-order valence-electron chi connectivity index (χ3n) is 3.17. The maximum absolute atomic E-state index is 8.65. The molecule has 0 fully saturated rings. The zero-order chi connectivity index (χ0) is 16.7. The van der Waals surface area contributed by atoms with Crippen molar-refractivity contribution >= 4 is 35.0 Å². The fourth-order valence-electron chi connectivity index (χ4n) is 1.97. The van der Waals surface area contributed by atoms with Gasteiger partial charge in [0.05, 0.1) is 7.11 Å². The molecule has 0 aliphatic heterocycles. The van der Waals surface area contributed by atoms with Gasteiger partial charge in [0.1, 0.15) is 5.75 Å². The SMILES string of the molecule is COc1ccc(CN(C)CCNc2nonc2C(Cl)=NO)cc1.Cl. The fraction of sp³-hybridized carbons (Fsp3) is 0.357. The summed E-state index contributed by atoms with van der Waals surface area (Å²) in [7, 11) is 3.66. The molecule has 1 aromatic heterocycles. The molecule has 24 heavy (non-hydrogen) atoms. The van der Waals surface area contributed by atoms with Crippen molar-refractivity contribution in [2.75, 3.05) is 32.6 Å². The van der Waals surface area contributed by atoms with Crippen LogP contribution < -0.4 is 10.1 Å². The van der Waals surface area contributed by atoms with Gasteiger partial charge in [-0.15, -0.1) is 12.4 Å². The maximum atomic E-state index is 8.65. The number of oxime groups is 1. The topological polar surface area (TPSA) is 96.0 Å². The molecule has 0 aliphatic rings. The Bertz CT molecular complexity index is 648. The van der Waals surface area contributed by atoms with E-state index in [1.807, 2.05) is 31.3 Å². The molecule has 0 spiro atoms. The van der Waals surface area contributed by atoms with Gasteiger partial charge in [-0.3, -0.25) is 0 Å². The quantitative estimate of drug-likeness (QED) is 0.415. The van der Waals surface area contributed by atoms with Crippen molar-refractivity contribution in [3.05, 3.63) is 35.5 Å². The number of aromatic nitrogens is 2. The number of nitrogens with zero attached hydrogens (tertiary/aromatic N) is 4. The first kappa shape index (κ1) is 20.0. The predicted molar refractivity (Wildman–Crippen MR) is 93.5 cm³/mol. The summed E-state index contributed by atoms with van der Waals surface area (Å²) < 4.78 is 9.72. The highest BCUT2D eigenvalue weighted by Crippen LogP contribution is 2.14. The monoisotopic (exact) mass is 375 g/mol. The first-order chi connectivity index (χ1) is 11.1. The molecule has 2 aromatic rings. The van der Waals surface area contributed by atoms with E-state index in [-0.39, 0.29) is 23.3 Å². The van der Waals surface area contributed by atoms with E-state index >= 15 is 0 Å². The van der Waals surface area contributed by atoms with E-state index in [1.54, 1.807) is 7.11 Å². The molecule has 0 amide bonds. The minimum Gasteiger partial charge on any atom is -0.497 e. The number of likely N-dealkylation sites (N-methyl/N-ethyl adjacent to an activating group) is 1. The van der Waals surface area contributed by atoms with Crippen LogP contribution in [0.4, 0.5) is 5.82 Å². The summed E-state index contributed by atoms with van der Waals surface area (Å²) in [5.41, 5.74) is 1.36. The van der Waals surface area contributed by atoms with Crippen LogP contribution in [0.5, 0.6) is 5.75 Å². The summed E-state index contributed by atoms with van der Waals surface area (Å²) in [6.07, 6.45) is 0. The number of benzene rings is 1. The Labute approximate surface area is 150 Å². The summed E-state index contributed by atoms with van der Waals surface area (Å²) >= 11 is 5.69. The molecular weight excluding hydrogens is 357 g/mol. The summed E-state index contributed by atoms with van der Waals surface area (Å²) in [6.45, 7) is 2.16. The standard InChI is InChI=1S/C14H18ClN5O3.ClH/c1-20(9-10-3-5-11(22-2)6-4-10)8-7-16-14-12(13(15)17-21)18-23-19-14;/h3-6,21H,7-9H2,1-2H3,(H,16,19);1H. The summed E-state index contributed by atoms with van der Waals surface area (Å²) in [6, 6.07) is 7.93. The number of hydrogen-bond donors (Lipinski definition) is 2. The lowest BCUT2D eigenvalue weighted by molar-refractivity contribution is 0.305. The van der Waals surface area contributed by atoms with Crippen molar-refractivity contribution in [1.82, 2.24) is 15.2 Å². The zero-order valence-corrected chi connectivity index (χ0v) is 14.8. The van der Waals surface area contributed by atoms with Crippen LogP contribution in [0.25, 0.3) is 0 Å². The van der Waals surface area contributed by atoms with E-state index in [0.717, 1.165) is 18.8 Å². The summed E-state index contributed by atoms with van der Waals surface area (Å²) in [5, 5.41) is 21.6. The number of methoxy groups -OCH3 is 1. The Morgan fingerprint density at radius 2 is 2.08 bits per heavy atom. The molecule has 0 radical (unpaired) electrons. The van der Waals surface area contributed by atoms with E-state index in [1.165, 1.54) is 5.56 Å². The first-order valence-electron chi connectivity index (χ1n) is 6.90. The van der Waals surface area contributed by atoms with Gasteiger partial charge in [-0.2, -0.15) is 0 Å². The van der Waals surface area contributed by atoms with Crippen LogP contribution >= 0.6 is 24.0 Å². The van der Waals surface area contributed by atoms with Crippen LogP contribution in [0.2, 0.25) is 0 Å². The number of nitrogens with one attached hydrogen (secondary N) is 1. The van der Waals surface area contributed by atoms with E-state index in [2.05, 4.69) is 30.3 Å². The van der Waals surface area contributed by atoms with Crippen LogP contribution in [-0.2, 0) is 6.54 Å². The number of ether oxygens (including phenoxy) is 1. The Kier molecular flexibility index (Phi) is 8.31. The average molecular weight is 376 g/mol. The largest absolute Gasteiger partial charge is 0.497 e. The third kappa shape index (κ3) is 5.55. The minimum atomic E-state index is -0.180. The van der Waals surface area contributed by atoms with Gasteiger partial charge in [0.15, 0.2) is 5.69 Å². The summed E-state index contributed by atoms with van der Waals surface area (Å²) in [4.78, 5) is 2.14. The number of hydrogen-bond acceptors (Lipinski definition) is 8. The summed E-state index contributed by atoms with van der Waals surface area (Å²) in [5.74, 6) is 1.18. The molecule has 8 nitrogen and oxygen atoms in total. The second-order valence-electron chi connectivity index (χ2n) is 4.86. The van der Waals surface area contributed by atoms with Gasteiger partial charge in [0, 0.05) is 19.6 Å². The molecule has 0 atom stereocenters. The lowest BCUT2D eigenvalue weighted by atomic mass is 10.2. The van der Waals surface area contributed by atoms with Crippen molar-refractivity contribution in [2.24, 2.45) is 5.16 Å². The third-order valence-corrected chi connectivity index (χ3v) is 3.42. The van der Waals surface area contributed by atoms with Gasteiger partial charge in [-0.05, 0) is 35.1 Å². The molecule has 132 valence electrons. The van der Waals surface area contributed by atoms with Gasteiger partial charge in [-0.1, -0.05) is 28.9 Å². The van der Waals surface area contributed by atoms with Gasteiger partial charge in [0.2, 0.25) is 11.0 Å². The van der Waals surface area contributed by atoms with Crippen LogP contribution in [0.15, 0.2) is 34.1 Å². The van der Waals surface area contributed by atoms with Crippen LogP contribution in [0, 0.1) is 0 Å². The molecule has 0 unspecified atom stereocenters. The lowest BCUT2D eigenvalue weighted by Gasteiger charge is -2.17. The molecular formula is C14H19Cl2N5O3. The van der Waals surface area contributed by atoms with Gasteiger partial charge in [-0.25, -0.2) is 4.63 Å².